The highest BCUT2D eigenvalue weighted by Gasteiger charge is 2.47. The lowest BCUT2D eigenvalue weighted by molar-refractivity contribution is -0.132. The molecule has 0 radical (unpaired) electrons. The molecule has 1 aliphatic heterocycles. The van der Waals surface area contributed by atoms with E-state index in [9.17, 15) is 23.5 Å². The highest BCUT2D eigenvalue weighted by atomic mass is 35.5. The lowest BCUT2D eigenvalue weighted by Crippen LogP contribution is -2.29. The van der Waals surface area contributed by atoms with Crippen molar-refractivity contribution in [2.24, 2.45) is 0 Å². The summed E-state index contributed by atoms with van der Waals surface area (Å²) >= 11 is 6.03. The number of ketones is 1. The first kappa shape index (κ1) is 22.5. The third-order valence-electron chi connectivity index (χ3n) is 5.23. The van der Waals surface area contributed by atoms with Crippen LogP contribution in [0.4, 0.5) is 14.5 Å². The first-order valence-corrected chi connectivity index (χ1v) is 10.4. The molecule has 0 bridgehead atoms. The van der Waals surface area contributed by atoms with Crippen LogP contribution in [-0.2, 0) is 9.59 Å². The summed E-state index contributed by atoms with van der Waals surface area (Å²) in [4.78, 5) is 27.1. The van der Waals surface area contributed by atoms with Crippen LogP contribution in [0.25, 0.3) is 5.76 Å². The second-order valence-corrected chi connectivity index (χ2v) is 7.72. The van der Waals surface area contributed by atoms with Gasteiger partial charge in [0.15, 0.2) is 11.6 Å². The number of aliphatic hydroxyl groups is 1. The van der Waals surface area contributed by atoms with Crippen LogP contribution in [0.5, 0.6) is 5.75 Å². The number of carbonyl (C=O) groups is 2. The van der Waals surface area contributed by atoms with Crippen molar-refractivity contribution >= 4 is 34.7 Å². The fourth-order valence-electron chi connectivity index (χ4n) is 3.75. The van der Waals surface area contributed by atoms with Gasteiger partial charge in [0, 0.05) is 22.3 Å². The molecule has 5 nitrogen and oxygen atoms in total. The van der Waals surface area contributed by atoms with Gasteiger partial charge in [0.05, 0.1) is 18.2 Å². The average Bonchev–Trinajstić information content (AvgIpc) is 3.06. The lowest BCUT2D eigenvalue weighted by atomic mass is 9.95. The van der Waals surface area contributed by atoms with Gasteiger partial charge < -0.3 is 9.84 Å². The number of amides is 1. The monoisotopic (exact) mass is 469 g/mol. The minimum atomic E-state index is -1.17. The number of rotatable bonds is 5. The van der Waals surface area contributed by atoms with Gasteiger partial charge in [-0.3, -0.25) is 14.5 Å². The Labute approximate surface area is 193 Å². The van der Waals surface area contributed by atoms with Gasteiger partial charge >= 0.3 is 0 Å². The summed E-state index contributed by atoms with van der Waals surface area (Å²) in [6.07, 6.45) is 0. The van der Waals surface area contributed by atoms with Gasteiger partial charge in [0.1, 0.15) is 11.5 Å². The van der Waals surface area contributed by atoms with Crippen LogP contribution < -0.4 is 9.64 Å². The van der Waals surface area contributed by atoms with E-state index in [1.165, 1.54) is 12.1 Å². The van der Waals surface area contributed by atoms with E-state index in [0.29, 0.717) is 22.9 Å². The third-order valence-corrected chi connectivity index (χ3v) is 5.47. The fraction of sp³-hybridized carbons (Fsp3) is 0.120. The fourth-order valence-corrected chi connectivity index (χ4v) is 3.94. The molecule has 1 amide bonds. The Morgan fingerprint density at radius 1 is 1.03 bits per heavy atom. The minimum Gasteiger partial charge on any atom is -0.507 e. The topological polar surface area (TPSA) is 66.8 Å². The number of aliphatic hydroxyl groups excluding tert-OH is 1. The molecule has 1 fully saturated rings. The van der Waals surface area contributed by atoms with E-state index in [4.69, 9.17) is 16.3 Å². The Balaban J connectivity index is 1.92. The van der Waals surface area contributed by atoms with Crippen molar-refractivity contribution in [3.05, 3.63) is 100 Å². The van der Waals surface area contributed by atoms with Crippen molar-refractivity contribution in [1.82, 2.24) is 0 Å². The normalized spacial score (nSPS) is 17.5. The highest BCUT2D eigenvalue weighted by Crippen LogP contribution is 2.42. The molecule has 0 aliphatic carbocycles. The molecule has 0 saturated carbocycles. The molecule has 1 aliphatic rings. The van der Waals surface area contributed by atoms with Crippen molar-refractivity contribution in [2.75, 3.05) is 11.5 Å². The molecule has 0 spiro atoms. The highest BCUT2D eigenvalue weighted by molar-refractivity contribution is 6.51. The van der Waals surface area contributed by atoms with E-state index in [1.807, 2.05) is 6.92 Å². The third kappa shape index (κ3) is 4.19. The van der Waals surface area contributed by atoms with Crippen LogP contribution in [0.15, 0.2) is 72.3 Å². The van der Waals surface area contributed by atoms with Gasteiger partial charge in [-0.1, -0.05) is 35.9 Å². The molecular formula is C25H18ClF2NO4. The second-order valence-electron chi connectivity index (χ2n) is 7.28. The van der Waals surface area contributed by atoms with E-state index >= 15 is 0 Å². The van der Waals surface area contributed by atoms with Gasteiger partial charge in [-0.25, -0.2) is 8.78 Å². The van der Waals surface area contributed by atoms with Gasteiger partial charge in [-0.15, -0.1) is 0 Å². The number of halogens is 3. The predicted octanol–water partition coefficient (Wildman–Crippen LogP) is 5.64. The zero-order chi connectivity index (χ0) is 23.7. The predicted molar refractivity (Wildman–Crippen MR) is 120 cm³/mol. The zero-order valence-electron chi connectivity index (χ0n) is 17.4. The number of anilines is 1. The Kier molecular flexibility index (Phi) is 6.16. The molecule has 3 aromatic carbocycles. The summed E-state index contributed by atoms with van der Waals surface area (Å²) in [5.74, 6) is -4.07. The molecule has 1 heterocycles. The Morgan fingerprint density at radius 2 is 1.76 bits per heavy atom. The smallest absolute Gasteiger partial charge is 0.300 e. The molecule has 1 atom stereocenters. The second kappa shape index (κ2) is 9.03. The minimum absolute atomic E-state index is 0.0278. The van der Waals surface area contributed by atoms with Crippen molar-refractivity contribution in [1.29, 1.82) is 0 Å². The molecule has 168 valence electrons. The van der Waals surface area contributed by atoms with Crippen molar-refractivity contribution < 1.29 is 28.2 Å². The van der Waals surface area contributed by atoms with E-state index in [2.05, 4.69) is 0 Å². The zero-order valence-corrected chi connectivity index (χ0v) is 18.1. The van der Waals surface area contributed by atoms with Crippen molar-refractivity contribution in [3.63, 3.8) is 0 Å². The van der Waals surface area contributed by atoms with Gasteiger partial charge in [0.2, 0.25) is 0 Å². The summed E-state index contributed by atoms with van der Waals surface area (Å²) in [5, 5.41) is 11.4. The Hall–Kier alpha value is -3.71. The number of hydrogen-bond acceptors (Lipinski definition) is 4. The molecular weight excluding hydrogens is 452 g/mol. The van der Waals surface area contributed by atoms with Gasteiger partial charge in [-0.05, 0) is 48.9 Å². The maximum Gasteiger partial charge on any atom is 0.300 e. The number of ether oxygens (including phenoxy) is 1. The molecule has 8 heteroatoms. The SMILES string of the molecule is CCOc1ccc(C2/C(=C(\O)c3cccc(Cl)c3)C(=O)C(=O)N2c2ccc(F)c(F)c2)cc1. The maximum atomic E-state index is 14.0. The standard InChI is InChI=1S/C25H18ClF2NO4/c1-2-33-18-9-6-14(7-10-18)22-21(23(30)15-4-3-5-16(26)12-15)24(31)25(32)29(22)17-8-11-19(27)20(28)13-17/h3-13,22,30H,2H2,1H3/b23-21+. The lowest BCUT2D eigenvalue weighted by Gasteiger charge is -2.25. The number of carbonyl (C=O) groups excluding carboxylic acids is 2. The maximum absolute atomic E-state index is 14.0. The van der Waals surface area contributed by atoms with Crippen LogP contribution in [0, 0.1) is 11.6 Å². The molecule has 1 saturated heterocycles. The largest absolute Gasteiger partial charge is 0.507 e. The van der Waals surface area contributed by atoms with Gasteiger partial charge in [-0.2, -0.15) is 0 Å². The van der Waals surface area contributed by atoms with Crippen LogP contribution in [-0.4, -0.2) is 23.4 Å². The average molecular weight is 470 g/mol. The van der Waals surface area contributed by atoms with Crippen molar-refractivity contribution in [3.8, 4) is 5.75 Å². The van der Waals surface area contributed by atoms with E-state index < -0.39 is 35.1 Å². The number of Topliss-reactive ketones (excluding diaryl/α,β-unsaturated/α-hetero) is 1. The summed E-state index contributed by atoms with van der Waals surface area (Å²) in [6.45, 7) is 2.28. The van der Waals surface area contributed by atoms with Crippen LogP contribution in [0.1, 0.15) is 24.1 Å². The van der Waals surface area contributed by atoms with E-state index in [0.717, 1.165) is 17.0 Å². The summed E-state index contributed by atoms with van der Waals surface area (Å²) < 4.78 is 33.0. The van der Waals surface area contributed by atoms with Crippen LogP contribution in [0.3, 0.4) is 0 Å². The van der Waals surface area contributed by atoms with E-state index in [1.54, 1.807) is 42.5 Å². The van der Waals surface area contributed by atoms with Crippen LogP contribution >= 0.6 is 11.6 Å². The Morgan fingerprint density at radius 3 is 2.39 bits per heavy atom. The quantitative estimate of drug-likeness (QED) is 0.298. The molecule has 0 aromatic heterocycles. The van der Waals surface area contributed by atoms with Gasteiger partial charge in [0.25, 0.3) is 11.7 Å². The number of nitrogens with zero attached hydrogens (tertiary/aromatic N) is 1. The van der Waals surface area contributed by atoms with Crippen molar-refractivity contribution in [2.45, 2.75) is 13.0 Å². The molecule has 3 aromatic rings. The molecule has 4 rings (SSSR count). The summed E-state index contributed by atoms with van der Waals surface area (Å²) in [7, 11) is 0. The first-order valence-electron chi connectivity index (χ1n) is 10.1. The first-order chi connectivity index (χ1) is 15.8. The molecule has 1 unspecified atom stereocenters. The van der Waals surface area contributed by atoms with Crippen LogP contribution in [0.2, 0.25) is 5.02 Å². The number of benzene rings is 3. The molecule has 1 N–H and O–H groups in total. The summed E-state index contributed by atoms with van der Waals surface area (Å²) in [5.41, 5.74) is 0.476. The van der Waals surface area contributed by atoms with E-state index in [-0.39, 0.29) is 16.8 Å². The molecule has 33 heavy (non-hydrogen) atoms. The summed E-state index contributed by atoms with van der Waals surface area (Å²) in [6, 6.07) is 14.6. The Bertz CT molecular complexity index is 1270. The number of hydrogen-bond donors (Lipinski definition) is 1.